The maximum atomic E-state index is 12.9. The Bertz CT molecular complexity index is 1370. The van der Waals surface area contributed by atoms with Crippen molar-refractivity contribution in [3.05, 3.63) is 60.8 Å². The molecular formula is C56H101O12P. The molecule has 1 fully saturated rings. The quantitative estimate of drug-likeness (QED) is 0.0147. The van der Waals surface area contributed by atoms with Gasteiger partial charge in [-0.05, 0) is 57.8 Å². The first-order valence-electron chi connectivity index (χ1n) is 27.6. The Kier molecular flexibility index (Phi) is 43.2. The second-order valence-electron chi connectivity index (χ2n) is 19.1. The molecule has 0 aromatic carbocycles. The number of esters is 1. The Balaban J connectivity index is 2.32. The van der Waals surface area contributed by atoms with E-state index in [1.165, 1.54) is 128 Å². The normalized spacial score (nSPS) is 21.4. The average Bonchev–Trinajstić information content (AvgIpc) is 3.34. The van der Waals surface area contributed by atoms with Crippen LogP contribution in [-0.4, -0.2) is 98.9 Å². The lowest BCUT2D eigenvalue weighted by Gasteiger charge is -2.41. The number of unbranched alkanes of at least 4 members (excludes halogenated alkanes) is 25. The van der Waals surface area contributed by atoms with Crippen molar-refractivity contribution in [1.29, 1.82) is 0 Å². The van der Waals surface area contributed by atoms with Crippen LogP contribution in [0.15, 0.2) is 60.8 Å². The zero-order chi connectivity index (χ0) is 50.5. The van der Waals surface area contributed by atoms with E-state index in [4.69, 9.17) is 18.5 Å². The summed E-state index contributed by atoms with van der Waals surface area (Å²) in [6.07, 6.45) is 47.2. The highest BCUT2D eigenvalue weighted by atomic mass is 31.2. The van der Waals surface area contributed by atoms with Gasteiger partial charge in [0, 0.05) is 13.0 Å². The van der Waals surface area contributed by atoms with Gasteiger partial charge in [0.2, 0.25) is 0 Å². The molecule has 1 saturated carbocycles. The Morgan fingerprint density at radius 1 is 0.478 bits per heavy atom. The molecule has 13 heteroatoms. The lowest BCUT2D eigenvalue weighted by molar-refractivity contribution is -0.220. The third-order valence-electron chi connectivity index (χ3n) is 12.7. The zero-order valence-electron chi connectivity index (χ0n) is 43.4. The van der Waals surface area contributed by atoms with Gasteiger partial charge < -0.3 is 39.9 Å². The van der Waals surface area contributed by atoms with Crippen LogP contribution in [-0.2, 0) is 27.9 Å². The molecule has 1 aliphatic rings. The van der Waals surface area contributed by atoms with Crippen LogP contribution in [0, 0.1) is 0 Å². The maximum Gasteiger partial charge on any atom is 0.472 e. The fourth-order valence-corrected chi connectivity index (χ4v) is 9.30. The van der Waals surface area contributed by atoms with E-state index in [9.17, 15) is 39.8 Å². The van der Waals surface area contributed by atoms with Crippen LogP contribution >= 0.6 is 7.82 Å². The van der Waals surface area contributed by atoms with Crippen LogP contribution in [0.2, 0.25) is 0 Å². The standard InChI is InChI=1S/C56H101O12P/c1-3-5-7-9-11-13-15-17-19-21-23-24-25-26-28-30-32-34-36-38-40-42-44-46-65-47-49(48-66-69(63,64)68-56-54(61)52(59)51(58)53(60)55(56)62)67-50(57)45-43-41-39-37-35-33-31-29-27-22-20-18-16-14-12-10-8-6-4-2/h6,8,12,14,18,20,27,29,33,35,49,51-56,58-62H,3-5,7,9-11,13,15-17,19,21-26,28,30-32,34,36-48H2,1-2H3,(H,63,64)/b8-6-,14-12-,20-18-,29-27-,35-33-. The molecule has 69 heavy (non-hydrogen) atoms. The Hall–Kier alpha value is -1.96. The topological polar surface area (TPSA) is 192 Å². The van der Waals surface area contributed by atoms with E-state index in [2.05, 4.69) is 74.6 Å². The van der Waals surface area contributed by atoms with E-state index in [1.807, 2.05) is 0 Å². The lowest BCUT2D eigenvalue weighted by Crippen LogP contribution is -2.64. The number of phosphoric ester groups is 1. The summed E-state index contributed by atoms with van der Waals surface area (Å²) in [5.41, 5.74) is 0. The number of aliphatic hydroxyl groups is 5. The smallest absolute Gasteiger partial charge is 0.457 e. The molecule has 0 aromatic rings. The van der Waals surface area contributed by atoms with E-state index in [-0.39, 0.29) is 13.0 Å². The molecule has 1 rings (SSSR count). The van der Waals surface area contributed by atoms with E-state index in [0.717, 1.165) is 70.6 Å². The van der Waals surface area contributed by atoms with Gasteiger partial charge in [-0.3, -0.25) is 13.8 Å². The van der Waals surface area contributed by atoms with Gasteiger partial charge in [0.1, 0.15) is 42.7 Å². The number of ether oxygens (including phenoxy) is 2. The molecule has 0 heterocycles. The van der Waals surface area contributed by atoms with Crippen LogP contribution in [0.4, 0.5) is 0 Å². The first-order valence-corrected chi connectivity index (χ1v) is 29.1. The Morgan fingerprint density at radius 3 is 1.29 bits per heavy atom. The fraction of sp³-hybridized carbons (Fsp3) is 0.804. The first-order chi connectivity index (χ1) is 33.5. The average molecular weight is 997 g/mol. The second kappa shape index (κ2) is 45.9. The largest absolute Gasteiger partial charge is 0.472 e. The van der Waals surface area contributed by atoms with Gasteiger partial charge in [0.25, 0.3) is 0 Å². The summed E-state index contributed by atoms with van der Waals surface area (Å²) in [7, 11) is -5.04. The van der Waals surface area contributed by atoms with Crippen molar-refractivity contribution in [3.8, 4) is 0 Å². The number of hydrogen-bond donors (Lipinski definition) is 6. The molecule has 6 unspecified atom stereocenters. The minimum absolute atomic E-state index is 0.0899. The minimum atomic E-state index is -5.04. The minimum Gasteiger partial charge on any atom is -0.457 e. The van der Waals surface area contributed by atoms with E-state index in [0.29, 0.717) is 13.0 Å². The van der Waals surface area contributed by atoms with Crippen LogP contribution in [0.25, 0.3) is 0 Å². The monoisotopic (exact) mass is 997 g/mol. The third-order valence-corrected chi connectivity index (χ3v) is 13.6. The molecule has 6 atom stereocenters. The molecule has 6 N–H and O–H groups in total. The fourth-order valence-electron chi connectivity index (χ4n) is 8.33. The van der Waals surface area contributed by atoms with Crippen molar-refractivity contribution >= 4 is 13.8 Å². The Labute approximate surface area is 419 Å². The highest BCUT2D eigenvalue weighted by Gasteiger charge is 2.51. The van der Waals surface area contributed by atoms with Gasteiger partial charge in [-0.25, -0.2) is 4.57 Å². The summed E-state index contributed by atoms with van der Waals surface area (Å²) in [5.74, 6) is -0.506. The van der Waals surface area contributed by atoms with Crippen LogP contribution in [0.1, 0.15) is 226 Å². The number of carbonyl (C=O) groups is 1. The van der Waals surface area contributed by atoms with Crippen LogP contribution in [0.3, 0.4) is 0 Å². The molecule has 0 radical (unpaired) electrons. The molecule has 402 valence electrons. The highest BCUT2D eigenvalue weighted by molar-refractivity contribution is 7.47. The van der Waals surface area contributed by atoms with Gasteiger partial charge in [-0.15, -0.1) is 0 Å². The molecule has 0 spiro atoms. The summed E-state index contributed by atoms with van der Waals surface area (Å²) in [4.78, 5) is 23.3. The predicted octanol–water partition coefficient (Wildman–Crippen LogP) is 12.9. The number of allylic oxidation sites excluding steroid dienone is 10. The van der Waals surface area contributed by atoms with Gasteiger partial charge >= 0.3 is 13.8 Å². The molecule has 12 nitrogen and oxygen atoms in total. The second-order valence-corrected chi connectivity index (χ2v) is 20.5. The summed E-state index contributed by atoms with van der Waals surface area (Å²) >= 11 is 0. The Morgan fingerprint density at radius 2 is 0.855 bits per heavy atom. The van der Waals surface area contributed by atoms with Crippen molar-refractivity contribution in [2.75, 3.05) is 19.8 Å². The van der Waals surface area contributed by atoms with E-state index < -0.39 is 63.1 Å². The summed E-state index contributed by atoms with van der Waals surface area (Å²) in [6, 6.07) is 0. The first kappa shape index (κ1) is 65.1. The van der Waals surface area contributed by atoms with Crippen molar-refractivity contribution in [3.63, 3.8) is 0 Å². The van der Waals surface area contributed by atoms with Crippen LogP contribution in [0.5, 0.6) is 0 Å². The maximum absolute atomic E-state index is 12.9. The van der Waals surface area contributed by atoms with Crippen molar-refractivity contribution in [2.24, 2.45) is 0 Å². The molecule has 0 aromatic heterocycles. The molecular weight excluding hydrogens is 896 g/mol. The molecule has 0 bridgehead atoms. The number of phosphoric acid groups is 1. The number of rotatable bonds is 47. The molecule has 0 amide bonds. The lowest BCUT2D eigenvalue weighted by atomic mass is 9.85. The predicted molar refractivity (Wildman–Crippen MR) is 281 cm³/mol. The highest BCUT2D eigenvalue weighted by Crippen LogP contribution is 2.47. The summed E-state index contributed by atoms with van der Waals surface area (Å²) < 4.78 is 34.3. The van der Waals surface area contributed by atoms with E-state index >= 15 is 0 Å². The number of hydrogen-bond acceptors (Lipinski definition) is 11. The SMILES string of the molecule is CC/C=C\C/C=C\C/C=C\C/C=C\C/C=C\CCCCCC(=O)OC(COCCCCCCCCCCCCCCCCCCCCCCCCC)COP(=O)(O)OC1C(O)C(O)C(O)C(O)C1O. The van der Waals surface area contributed by atoms with Gasteiger partial charge in [0.05, 0.1) is 13.2 Å². The van der Waals surface area contributed by atoms with Gasteiger partial charge in [-0.2, -0.15) is 0 Å². The molecule has 1 aliphatic carbocycles. The van der Waals surface area contributed by atoms with E-state index in [1.54, 1.807) is 0 Å². The summed E-state index contributed by atoms with van der Waals surface area (Å²) in [5, 5.41) is 50.4. The molecule has 0 aliphatic heterocycles. The molecule has 0 saturated heterocycles. The van der Waals surface area contributed by atoms with Crippen molar-refractivity contribution in [2.45, 2.75) is 268 Å². The van der Waals surface area contributed by atoms with Gasteiger partial charge in [-0.1, -0.05) is 222 Å². The van der Waals surface area contributed by atoms with Crippen LogP contribution < -0.4 is 0 Å². The summed E-state index contributed by atoms with van der Waals surface area (Å²) in [6.45, 7) is 4.15. The zero-order valence-corrected chi connectivity index (χ0v) is 44.2. The van der Waals surface area contributed by atoms with Gasteiger partial charge in [0.15, 0.2) is 0 Å². The van der Waals surface area contributed by atoms with Crippen molar-refractivity contribution < 1.29 is 58.3 Å². The third kappa shape index (κ3) is 37.5. The number of carbonyl (C=O) groups excluding carboxylic acids is 1. The number of aliphatic hydroxyl groups excluding tert-OH is 5. The van der Waals surface area contributed by atoms with Crippen molar-refractivity contribution in [1.82, 2.24) is 0 Å².